The minimum Gasteiger partial charge on any atom is -0.490 e. The number of ether oxygens (including phenoxy) is 1. The van der Waals surface area contributed by atoms with Gasteiger partial charge in [0, 0.05) is 43.2 Å². The van der Waals surface area contributed by atoms with Crippen molar-refractivity contribution < 1.29 is 28.3 Å². The lowest BCUT2D eigenvalue weighted by Crippen LogP contribution is -2.67. The number of rotatable bonds is 5. The van der Waals surface area contributed by atoms with Crippen LogP contribution in [0, 0.1) is 13.8 Å². The summed E-state index contributed by atoms with van der Waals surface area (Å²) in [6, 6.07) is 3.69. The number of hydrogen-bond acceptors (Lipinski definition) is 8. The molecule has 1 aromatic heterocycles. The molecular weight excluding hydrogens is 400 g/mol. The molecule has 3 rings (SSSR count). The Hall–Kier alpha value is -1.79. The highest BCUT2D eigenvalue weighted by Crippen LogP contribution is 2.30. The van der Waals surface area contributed by atoms with Crippen molar-refractivity contribution in [1.82, 2.24) is 20.1 Å². The van der Waals surface area contributed by atoms with Crippen LogP contribution in [-0.2, 0) is 14.8 Å². The molecule has 10 nitrogen and oxygen atoms in total. The number of carbonyl (C=O) groups is 1. The van der Waals surface area contributed by atoms with Gasteiger partial charge < -0.3 is 15.2 Å². The van der Waals surface area contributed by atoms with Gasteiger partial charge in [0.05, 0.1) is 0 Å². The SMILES string of the molecule is Cc1cc(OC2CCN(S(=O)(=O)C3CCNCC3(O)C(=O)NO)CC2)cc(C)n1. The van der Waals surface area contributed by atoms with Crippen molar-refractivity contribution in [2.45, 2.75) is 50.1 Å². The van der Waals surface area contributed by atoms with Crippen LogP contribution in [0.4, 0.5) is 0 Å². The molecule has 0 aromatic carbocycles. The predicted molar refractivity (Wildman–Crippen MR) is 104 cm³/mol. The fraction of sp³-hybridized carbons (Fsp3) is 0.667. The Labute approximate surface area is 170 Å². The van der Waals surface area contributed by atoms with E-state index in [4.69, 9.17) is 9.94 Å². The van der Waals surface area contributed by atoms with Gasteiger partial charge in [-0.3, -0.25) is 15.0 Å². The van der Waals surface area contributed by atoms with Gasteiger partial charge in [-0.05, 0) is 39.7 Å². The molecule has 2 aliphatic rings. The van der Waals surface area contributed by atoms with Crippen LogP contribution >= 0.6 is 0 Å². The molecule has 3 heterocycles. The summed E-state index contributed by atoms with van der Waals surface area (Å²) >= 11 is 0. The third-order valence-corrected chi connectivity index (χ3v) is 7.91. The number of piperidine rings is 2. The van der Waals surface area contributed by atoms with E-state index in [9.17, 15) is 18.3 Å². The molecule has 0 saturated carbocycles. The van der Waals surface area contributed by atoms with Crippen LogP contribution in [0.2, 0.25) is 0 Å². The van der Waals surface area contributed by atoms with E-state index in [1.807, 2.05) is 26.0 Å². The lowest BCUT2D eigenvalue weighted by atomic mass is 9.93. The number of hydrogen-bond donors (Lipinski definition) is 4. The van der Waals surface area contributed by atoms with Crippen LogP contribution < -0.4 is 15.5 Å². The summed E-state index contributed by atoms with van der Waals surface area (Å²) in [5.41, 5.74) is 0.864. The van der Waals surface area contributed by atoms with Gasteiger partial charge in [0.15, 0.2) is 5.60 Å². The second-order valence-corrected chi connectivity index (χ2v) is 9.78. The summed E-state index contributed by atoms with van der Waals surface area (Å²) in [5.74, 6) is -0.413. The van der Waals surface area contributed by atoms with E-state index in [0.29, 0.717) is 25.1 Å². The van der Waals surface area contributed by atoms with E-state index >= 15 is 0 Å². The van der Waals surface area contributed by atoms with Gasteiger partial charge in [0.1, 0.15) is 17.1 Å². The van der Waals surface area contributed by atoms with E-state index in [1.165, 1.54) is 9.79 Å². The van der Waals surface area contributed by atoms with Crippen molar-refractivity contribution in [3.63, 3.8) is 0 Å². The lowest BCUT2D eigenvalue weighted by molar-refractivity contribution is -0.150. The second kappa shape index (κ2) is 8.52. The van der Waals surface area contributed by atoms with Crippen LogP contribution in [0.15, 0.2) is 12.1 Å². The largest absolute Gasteiger partial charge is 0.490 e. The standard InChI is InChI=1S/C18H28N4O6S/c1-12-9-15(10-13(2)20-12)28-14-4-7-22(8-5-14)29(26,27)16-3-6-19-11-18(16,24)17(23)21-25/h9-10,14,16,19,24-25H,3-8,11H2,1-2H3,(H,21,23). The number of amides is 1. The van der Waals surface area contributed by atoms with Gasteiger partial charge in [-0.15, -0.1) is 0 Å². The molecule has 11 heteroatoms. The highest BCUT2D eigenvalue weighted by atomic mass is 32.2. The number of nitrogens with one attached hydrogen (secondary N) is 2. The number of aryl methyl sites for hydroxylation is 2. The molecule has 1 amide bonds. The number of pyridine rings is 1. The first-order valence-electron chi connectivity index (χ1n) is 9.65. The van der Waals surface area contributed by atoms with E-state index in [1.54, 1.807) is 0 Å². The summed E-state index contributed by atoms with van der Waals surface area (Å²) in [6.07, 6.45) is 0.929. The van der Waals surface area contributed by atoms with Crippen molar-refractivity contribution in [2.75, 3.05) is 26.2 Å². The summed E-state index contributed by atoms with van der Waals surface area (Å²) in [5, 5.41) is 21.1. The zero-order valence-corrected chi connectivity index (χ0v) is 17.4. The monoisotopic (exact) mass is 428 g/mol. The predicted octanol–water partition coefficient (Wildman–Crippen LogP) is -0.530. The van der Waals surface area contributed by atoms with Crippen LogP contribution in [-0.4, -0.2) is 77.1 Å². The maximum atomic E-state index is 13.2. The number of β-amino-alcohol motifs (C(OH)–C–C–N with tert-alkyl or cyclic N) is 1. The van der Waals surface area contributed by atoms with Crippen molar-refractivity contribution in [3.05, 3.63) is 23.5 Å². The first-order chi connectivity index (χ1) is 13.7. The van der Waals surface area contributed by atoms with Crippen molar-refractivity contribution in [1.29, 1.82) is 0 Å². The Kier molecular flexibility index (Phi) is 6.44. The normalized spacial score (nSPS) is 26.8. The van der Waals surface area contributed by atoms with Gasteiger partial charge in [-0.2, -0.15) is 0 Å². The van der Waals surface area contributed by atoms with Gasteiger partial charge in [-0.1, -0.05) is 0 Å². The molecule has 2 saturated heterocycles. The Morgan fingerprint density at radius 1 is 1.28 bits per heavy atom. The Morgan fingerprint density at radius 3 is 2.48 bits per heavy atom. The topological polar surface area (TPSA) is 141 Å². The van der Waals surface area contributed by atoms with Crippen molar-refractivity contribution in [3.8, 4) is 5.75 Å². The third kappa shape index (κ3) is 4.53. The summed E-state index contributed by atoms with van der Waals surface area (Å²) in [6.45, 7) is 4.35. The minimum absolute atomic E-state index is 0.0677. The zero-order chi connectivity index (χ0) is 21.2. The summed E-state index contributed by atoms with van der Waals surface area (Å²) < 4.78 is 33.6. The Bertz CT molecular complexity index is 836. The molecule has 0 radical (unpaired) electrons. The zero-order valence-electron chi connectivity index (χ0n) is 16.6. The fourth-order valence-electron chi connectivity index (χ4n) is 4.02. The van der Waals surface area contributed by atoms with Gasteiger partial charge in [-0.25, -0.2) is 18.2 Å². The Morgan fingerprint density at radius 2 is 1.90 bits per heavy atom. The summed E-state index contributed by atoms with van der Waals surface area (Å²) in [4.78, 5) is 16.3. The van der Waals surface area contributed by atoms with Crippen LogP contribution in [0.1, 0.15) is 30.7 Å². The Balaban J connectivity index is 1.68. The van der Waals surface area contributed by atoms with Crippen LogP contribution in [0.25, 0.3) is 0 Å². The maximum Gasteiger partial charge on any atom is 0.278 e. The molecule has 2 fully saturated rings. The van der Waals surface area contributed by atoms with Crippen LogP contribution in [0.3, 0.4) is 0 Å². The number of hydroxylamine groups is 1. The second-order valence-electron chi connectivity index (χ2n) is 7.67. The first kappa shape index (κ1) is 21.9. The summed E-state index contributed by atoms with van der Waals surface area (Å²) in [7, 11) is -3.95. The highest BCUT2D eigenvalue weighted by Gasteiger charge is 2.54. The molecule has 2 atom stereocenters. The molecule has 0 bridgehead atoms. The minimum atomic E-state index is -3.95. The highest BCUT2D eigenvalue weighted by molar-refractivity contribution is 7.89. The van der Waals surface area contributed by atoms with Crippen molar-refractivity contribution >= 4 is 15.9 Å². The average molecular weight is 429 g/mol. The number of nitrogens with zero attached hydrogens (tertiary/aromatic N) is 2. The molecule has 29 heavy (non-hydrogen) atoms. The lowest BCUT2D eigenvalue weighted by Gasteiger charge is -2.41. The molecule has 4 N–H and O–H groups in total. The molecule has 2 aliphatic heterocycles. The fourth-order valence-corrected chi connectivity index (χ4v) is 6.20. The third-order valence-electron chi connectivity index (χ3n) is 5.48. The number of aromatic nitrogens is 1. The molecule has 1 aromatic rings. The van der Waals surface area contributed by atoms with Gasteiger partial charge in [0.2, 0.25) is 10.0 Å². The van der Waals surface area contributed by atoms with Gasteiger partial charge >= 0.3 is 0 Å². The smallest absolute Gasteiger partial charge is 0.278 e. The molecule has 162 valence electrons. The maximum absolute atomic E-state index is 13.2. The van der Waals surface area contributed by atoms with E-state index in [2.05, 4.69) is 10.3 Å². The molecule has 2 unspecified atom stereocenters. The van der Waals surface area contributed by atoms with E-state index in [0.717, 1.165) is 11.4 Å². The first-order valence-corrected chi connectivity index (χ1v) is 11.2. The average Bonchev–Trinajstić information content (AvgIpc) is 2.67. The number of sulfonamides is 1. The van der Waals surface area contributed by atoms with E-state index in [-0.39, 0.29) is 32.2 Å². The quantitative estimate of drug-likeness (QED) is 0.362. The number of aliphatic hydroxyl groups is 1. The van der Waals surface area contributed by atoms with E-state index < -0.39 is 26.8 Å². The molecule has 0 aliphatic carbocycles. The van der Waals surface area contributed by atoms with Gasteiger partial charge in [0.25, 0.3) is 5.91 Å². The van der Waals surface area contributed by atoms with Crippen molar-refractivity contribution in [2.24, 2.45) is 0 Å². The molecule has 0 spiro atoms. The number of carbonyl (C=O) groups excluding carboxylic acids is 1. The molecular formula is C18H28N4O6S. The van der Waals surface area contributed by atoms with Crippen LogP contribution in [0.5, 0.6) is 5.75 Å².